The number of imidazole rings is 1. The number of carboxylic acids is 1. The van der Waals surface area contributed by atoms with E-state index < -0.39 is 5.97 Å². The first-order valence-corrected chi connectivity index (χ1v) is 12.4. The summed E-state index contributed by atoms with van der Waals surface area (Å²) in [4.78, 5) is 16.4. The first-order valence-electron chi connectivity index (χ1n) is 12.4. The number of aromatic nitrogens is 2. The molecule has 7 nitrogen and oxygen atoms in total. The van der Waals surface area contributed by atoms with Crippen LogP contribution in [0.5, 0.6) is 11.5 Å². The monoisotopic (exact) mass is 485 g/mol. The number of carbonyl (C=O) groups is 1. The number of nitrogens with one attached hydrogen (secondary N) is 1. The van der Waals surface area contributed by atoms with Gasteiger partial charge in [-0.05, 0) is 48.7 Å². The predicted molar refractivity (Wildman–Crippen MR) is 141 cm³/mol. The summed E-state index contributed by atoms with van der Waals surface area (Å²) in [5.74, 6) is 1.35. The summed E-state index contributed by atoms with van der Waals surface area (Å²) < 4.78 is 13.0. The molecule has 4 aromatic rings. The van der Waals surface area contributed by atoms with Crippen LogP contribution in [0.4, 0.5) is 5.69 Å². The first kappa shape index (κ1) is 23.7. The van der Waals surface area contributed by atoms with Crippen molar-refractivity contribution < 1.29 is 19.4 Å². The minimum atomic E-state index is -0.933. The van der Waals surface area contributed by atoms with Crippen molar-refractivity contribution in [2.24, 2.45) is 0 Å². The van der Waals surface area contributed by atoms with Crippen molar-refractivity contribution in [3.05, 3.63) is 71.8 Å². The zero-order valence-corrected chi connectivity index (χ0v) is 20.7. The molecule has 0 spiro atoms. The van der Waals surface area contributed by atoms with Crippen molar-refractivity contribution in [1.29, 1.82) is 0 Å². The summed E-state index contributed by atoms with van der Waals surface area (Å²) in [5, 5.41) is 12.9. The smallest absolute Gasteiger partial charge is 0.335 e. The van der Waals surface area contributed by atoms with Crippen LogP contribution in [0.2, 0.25) is 0 Å². The molecule has 2 N–H and O–H groups in total. The van der Waals surface area contributed by atoms with Crippen molar-refractivity contribution in [2.45, 2.75) is 44.7 Å². The van der Waals surface area contributed by atoms with Gasteiger partial charge in [-0.3, -0.25) is 0 Å². The minimum absolute atomic E-state index is 0.263. The molecule has 7 heteroatoms. The standard InChI is InChI=1S/C29H31N3O4/c1-35-26-15-13-22(17-27(26)36-2)30-18-19-8-10-20(11-9-19)28-31-24-16-21(29(33)34)12-14-25(24)32(28)23-6-4-3-5-7-23/h8-17,23,30H,3-7,18H2,1-2H3,(H,33,34). The van der Waals surface area contributed by atoms with Gasteiger partial charge in [-0.1, -0.05) is 43.5 Å². The van der Waals surface area contributed by atoms with Crippen molar-refractivity contribution in [3.63, 3.8) is 0 Å². The second-order valence-corrected chi connectivity index (χ2v) is 9.23. The summed E-state index contributed by atoms with van der Waals surface area (Å²) in [6, 6.07) is 19.8. The van der Waals surface area contributed by atoms with Gasteiger partial charge in [0.05, 0.1) is 30.8 Å². The molecule has 1 aromatic heterocycles. The zero-order valence-electron chi connectivity index (χ0n) is 20.7. The van der Waals surface area contributed by atoms with Crippen LogP contribution in [0.1, 0.15) is 54.1 Å². The summed E-state index contributed by atoms with van der Waals surface area (Å²) in [7, 11) is 3.25. The second-order valence-electron chi connectivity index (χ2n) is 9.23. The molecule has 0 atom stereocenters. The fourth-order valence-electron chi connectivity index (χ4n) is 5.07. The van der Waals surface area contributed by atoms with E-state index in [1.54, 1.807) is 26.4 Å². The molecule has 0 unspecified atom stereocenters. The van der Waals surface area contributed by atoms with Crippen LogP contribution >= 0.6 is 0 Å². The third kappa shape index (κ3) is 4.73. The van der Waals surface area contributed by atoms with E-state index in [0.29, 0.717) is 24.1 Å². The molecule has 0 radical (unpaired) electrons. The van der Waals surface area contributed by atoms with Crippen LogP contribution in [0.3, 0.4) is 0 Å². The van der Waals surface area contributed by atoms with Crippen LogP contribution in [-0.4, -0.2) is 34.8 Å². The number of nitrogens with zero attached hydrogens (tertiary/aromatic N) is 2. The highest BCUT2D eigenvalue weighted by atomic mass is 16.5. The Kier molecular flexibility index (Phi) is 6.80. The van der Waals surface area contributed by atoms with E-state index in [-0.39, 0.29) is 5.56 Å². The molecule has 36 heavy (non-hydrogen) atoms. The van der Waals surface area contributed by atoms with Gasteiger partial charge in [-0.2, -0.15) is 0 Å². The summed E-state index contributed by atoms with van der Waals surface area (Å²) >= 11 is 0. The van der Waals surface area contributed by atoms with Gasteiger partial charge in [0.1, 0.15) is 5.82 Å². The Labute approximate surface area is 210 Å². The van der Waals surface area contributed by atoms with E-state index in [4.69, 9.17) is 14.5 Å². The number of hydrogen-bond acceptors (Lipinski definition) is 5. The zero-order chi connectivity index (χ0) is 25.1. The third-order valence-electron chi connectivity index (χ3n) is 6.97. The summed E-state index contributed by atoms with van der Waals surface area (Å²) in [6.07, 6.45) is 5.91. The molecule has 186 valence electrons. The Morgan fingerprint density at radius 2 is 1.72 bits per heavy atom. The average molecular weight is 486 g/mol. The van der Waals surface area contributed by atoms with Gasteiger partial charge in [0.2, 0.25) is 0 Å². The first-order chi connectivity index (χ1) is 17.6. The molecular formula is C29H31N3O4. The van der Waals surface area contributed by atoms with Gasteiger partial charge < -0.3 is 24.5 Å². The highest BCUT2D eigenvalue weighted by Gasteiger charge is 2.23. The number of ether oxygens (including phenoxy) is 2. The summed E-state index contributed by atoms with van der Waals surface area (Å²) in [5.41, 5.74) is 5.12. The number of fused-ring (bicyclic) bond motifs is 1. The number of aromatic carboxylic acids is 1. The lowest BCUT2D eigenvalue weighted by Gasteiger charge is -2.25. The van der Waals surface area contributed by atoms with E-state index >= 15 is 0 Å². The number of anilines is 1. The topological polar surface area (TPSA) is 85.6 Å². The fraction of sp³-hybridized carbons (Fsp3) is 0.310. The number of benzene rings is 3. The molecule has 1 fully saturated rings. The Morgan fingerprint density at radius 1 is 0.972 bits per heavy atom. The normalized spacial score (nSPS) is 14.1. The quantitative estimate of drug-likeness (QED) is 0.295. The van der Waals surface area contributed by atoms with Crippen molar-refractivity contribution in [2.75, 3.05) is 19.5 Å². The lowest BCUT2D eigenvalue weighted by atomic mass is 9.94. The SMILES string of the molecule is COc1ccc(NCc2ccc(-c3nc4cc(C(=O)O)ccc4n3C3CCCCC3)cc2)cc1OC. The van der Waals surface area contributed by atoms with Crippen LogP contribution in [0.25, 0.3) is 22.4 Å². The number of rotatable bonds is 8. The molecule has 0 aliphatic heterocycles. The summed E-state index contributed by atoms with van der Waals surface area (Å²) in [6.45, 7) is 0.663. The van der Waals surface area contributed by atoms with Gasteiger partial charge in [0.15, 0.2) is 11.5 Å². The molecule has 1 aliphatic rings. The lowest BCUT2D eigenvalue weighted by Crippen LogP contribution is -2.14. The molecule has 1 aliphatic carbocycles. The van der Waals surface area contributed by atoms with Gasteiger partial charge in [-0.15, -0.1) is 0 Å². The maximum Gasteiger partial charge on any atom is 0.335 e. The van der Waals surface area contributed by atoms with E-state index in [1.165, 1.54) is 19.3 Å². The van der Waals surface area contributed by atoms with Gasteiger partial charge in [0.25, 0.3) is 0 Å². The number of methoxy groups -OCH3 is 2. The van der Waals surface area contributed by atoms with Crippen LogP contribution < -0.4 is 14.8 Å². The lowest BCUT2D eigenvalue weighted by molar-refractivity contribution is 0.0697. The van der Waals surface area contributed by atoms with Gasteiger partial charge in [0, 0.05) is 29.9 Å². The van der Waals surface area contributed by atoms with Crippen LogP contribution in [-0.2, 0) is 6.54 Å². The van der Waals surface area contributed by atoms with Crippen LogP contribution in [0.15, 0.2) is 60.7 Å². The van der Waals surface area contributed by atoms with Gasteiger partial charge in [-0.25, -0.2) is 9.78 Å². The predicted octanol–water partition coefficient (Wildman–Crippen LogP) is 6.54. The van der Waals surface area contributed by atoms with E-state index in [2.05, 4.69) is 34.1 Å². The molecular weight excluding hydrogens is 454 g/mol. The largest absolute Gasteiger partial charge is 0.493 e. The second kappa shape index (κ2) is 10.3. The Hall–Kier alpha value is -4.00. The Balaban J connectivity index is 1.42. The molecule has 3 aromatic carbocycles. The van der Waals surface area contributed by atoms with E-state index in [1.807, 2.05) is 24.3 Å². The van der Waals surface area contributed by atoms with Gasteiger partial charge >= 0.3 is 5.97 Å². The molecule has 1 heterocycles. The number of carboxylic acid groups (broad SMARTS) is 1. The molecule has 0 amide bonds. The molecule has 5 rings (SSSR count). The highest BCUT2D eigenvalue weighted by molar-refractivity contribution is 5.93. The highest BCUT2D eigenvalue weighted by Crippen LogP contribution is 2.36. The van der Waals surface area contributed by atoms with Crippen molar-refractivity contribution >= 4 is 22.7 Å². The average Bonchev–Trinajstić information content (AvgIpc) is 3.31. The van der Waals surface area contributed by atoms with E-state index in [0.717, 1.165) is 46.5 Å². The Morgan fingerprint density at radius 3 is 2.42 bits per heavy atom. The molecule has 0 saturated heterocycles. The molecule has 0 bridgehead atoms. The van der Waals surface area contributed by atoms with Crippen molar-refractivity contribution in [3.8, 4) is 22.9 Å². The van der Waals surface area contributed by atoms with Crippen LogP contribution in [0, 0.1) is 0 Å². The molecule has 1 saturated carbocycles. The Bertz CT molecular complexity index is 1370. The minimum Gasteiger partial charge on any atom is -0.493 e. The van der Waals surface area contributed by atoms with Crippen molar-refractivity contribution in [1.82, 2.24) is 9.55 Å². The maximum atomic E-state index is 11.5. The fourth-order valence-corrected chi connectivity index (χ4v) is 5.07. The maximum absolute atomic E-state index is 11.5. The number of hydrogen-bond donors (Lipinski definition) is 2. The van der Waals surface area contributed by atoms with E-state index in [9.17, 15) is 9.90 Å². The third-order valence-corrected chi connectivity index (χ3v) is 6.97.